The first-order chi connectivity index (χ1) is 58.3. The average molecular weight is 1630 g/mol. The zero-order valence-corrected chi connectivity index (χ0v) is 80.1. The number of hydrogen-bond acceptors (Lipinski definition) is 0. The first-order valence-corrected chi connectivity index (χ1v) is 58.3. The number of fused-ring (bicyclic) bond motifs is 40. The molecule has 8 unspecified atom stereocenters. The van der Waals surface area contributed by atoms with Crippen LogP contribution >= 0.6 is 0 Å². The zero-order chi connectivity index (χ0) is 80.1. The van der Waals surface area contributed by atoms with Gasteiger partial charge in [0.05, 0.1) is 0 Å². The van der Waals surface area contributed by atoms with Crippen molar-refractivity contribution in [3.63, 3.8) is 0 Å². The highest BCUT2D eigenvalue weighted by molar-refractivity contribution is 4.90. The van der Waals surface area contributed by atoms with Crippen molar-refractivity contribution in [3.05, 3.63) is 0 Å². The maximum absolute atomic E-state index is 1.58. The minimum absolute atomic E-state index is 1.11. The van der Waals surface area contributed by atoms with E-state index in [4.69, 9.17) is 0 Å². The van der Waals surface area contributed by atoms with E-state index >= 15 is 0 Å². The SMILES string of the molecule is C1CC2CC(C1)C2.C1CC2CC1C2.C1CC2CCC(C1)C2.C1CC2CCC1C2.C1CC2CCC1CC2.C1CC2CCCC(C1)C2.C1CC2CCCC(C1)CC2.C1CC2CCCC(C1)CCC2.C1CCC2CCC(C1)C2.C1CCC2CCC(C1)CC2.C1CCC2CCCC(C1)C2.C1CCC2CCCC(C1)CC2.C1CCC2CCCC(C1)CCC2. The Bertz CT molecular complexity index is 2200. The van der Waals surface area contributed by atoms with E-state index in [1.807, 2.05) is 0 Å². The summed E-state index contributed by atoms with van der Waals surface area (Å²) in [7, 11) is 0. The van der Waals surface area contributed by atoms with Crippen LogP contribution in [0.3, 0.4) is 0 Å². The smallest absolute Gasteiger partial charge is 0.0409 e. The highest BCUT2D eigenvalue weighted by atomic mass is 14.4. The molecule has 0 aromatic rings. The van der Waals surface area contributed by atoms with Gasteiger partial charge in [-0.25, -0.2) is 0 Å². The molecule has 0 N–H and O–H groups in total. The van der Waals surface area contributed by atoms with E-state index in [-0.39, 0.29) is 0 Å². The van der Waals surface area contributed by atoms with Gasteiger partial charge in [-0.05, 0) is 212 Å². The topological polar surface area (TPSA) is 0 Å². The van der Waals surface area contributed by atoms with Gasteiger partial charge in [-0.2, -0.15) is 0 Å². The normalized spacial score (nSPS) is 42.5. The summed E-state index contributed by atoms with van der Waals surface area (Å²) in [5, 5.41) is 0. The van der Waals surface area contributed by atoms with Crippen LogP contribution in [0.1, 0.15) is 591 Å². The van der Waals surface area contributed by atoms with Gasteiger partial charge in [0.2, 0.25) is 0 Å². The highest BCUT2D eigenvalue weighted by Crippen LogP contribution is 2.51. The van der Waals surface area contributed by atoms with E-state index in [0.717, 1.165) is 118 Å². The maximum atomic E-state index is 1.58. The summed E-state index contributed by atoms with van der Waals surface area (Å²) >= 11 is 0. The molecule has 0 amide bonds. The van der Waals surface area contributed by atoms with Crippen molar-refractivity contribution in [3.8, 4) is 0 Å². The van der Waals surface area contributed by atoms with E-state index in [1.54, 1.807) is 443 Å². The van der Waals surface area contributed by atoms with Crippen molar-refractivity contribution >= 4 is 0 Å². The average Bonchev–Trinajstić information content (AvgIpc) is 1.77. The Balaban J connectivity index is 0.000000105. The van der Waals surface area contributed by atoms with Crippen LogP contribution in [0.5, 0.6) is 0 Å². The molecule has 118 heavy (non-hydrogen) atoms. The van der Waals surface area contributed by atoms with Gasteiger partial charge < -0.3 is 0 Å². The molecule has 0 heterocycles. The van der Waals surface area contributed by atoms with Gasteiger partial charge in [-0.15, -0.1) is 0 Å². The first-order valence-electron chi connectivity index (χ1n) is 58.3. The molecule has 0 saturated heterocycles. The lowest BCUT2D eigenvalue weighted by molar-refractivity contribution is 0.116. The van der Waals surface area contributed by atoms with Gasteiger partial charge in [-0.3, -0.25) is 0 Å². The van der Waals surface area contributed by atoms with Crippen LogP contribution in [0, 0.1) is 154 Å². The third-order valence-corrected chi connectivity index (χ3v) is 41.1. The van der Waals surface area contributed by atoms with Gasteiger partial charge >= 0.3 is 0 Å². The molecule has 32 rings (SSSR count). The summed E-state index contributed by atoms with van der Waals surface area (Å²) in [5.41, 5.74) is 0. The predicted molar refractivity (Wildman–Crippen MR) is 516 cm³/mol. The second kappa shape index (κ2) is 54.5. The second-order valence-electron chi connectivity index (χ2n) is 50.1. The Kier molecular flexibility index (Phi) is 43.5. The van der Waals surface area contributed by atoms with Gasteiger partial charge in [0.15, 0.2) is 0 Å². The maximum Gasteiger partial charge on any atom is -0.0409 e. The van der Waals surface area contributed by atoms with E-state index in [1.165, 1.54) is 183 Å². The molecular weight excluding hydrogens is 1420 g/mol. The summed E-state index contributed by atoms with van der Waals surface area (Å²) in [4.78, 5) is 0. The van der Waals surface area contributed by atoms with E-state index < -0.39 is 0 Å². The van der Waals surface area contributed by atoms with E-state index in [2.05, 4.69) is 0 Å². The van der Waals surface area contributed by atoms with Crippen LogP contribution < -0.4 is 0 Å². The van der Waals surface area contributed by atoms with E-state index in [9.17, 15) is 0 Å². The van der Waals surface area contributed by atoms with Gasteiger partial charge in [0, 0.05) is 0 Å². The summed E-state index contributed by atoms with van der Waals surface area (Å²) < 4.78 is 0. The fourth-order valence-corrected chi connectivity index (χ4v) is 33.1. The summed E-state index contributed by atoms with van der Waals surface area (Å²) in [6, 6.07) is 0. The van der Waals surface area contributed by atoms with Crippen LogP contribution in [0.2, 0.25) is 0 Å². The fraction of sp³-hybridized carbons (Fsp3) is 1.00. The van der Waals surface area contributed by atoms with Crippen molar-refractivity contribution in [2.45, 2.75) is 591 Å². The molecular formula is C118H210. The molecule has 32 saturated carbocycles. The molecule has 32 aliphatic rings. The minimum atomic E-state index is 1.11. The molecule has 682 valence electrons. The summed E-state index contributed by atoms with van der Waals surface area (Å²) in [5.74, 6) is 29.8. The summed E-state index contributed by atoms with van der Waals surface area (Å²) in [6.45, 7) is 0. The Morgan fingerprint density at radius 1 is 0.0508 bits per heavy atom. The molecule has 26 bridgehead atoms. The first kappa shape index (κ1) is 94.1. The molecule has 0 spiro atoms. The molecule has 0 heteroatoms. The fourth-order valence-electron chi connectivity index (χ4n) is 33.1. The second-order valence-corrected chi connectivity index (χ2v) is 50.1. The van der Waals surface area contributed by atoms with Crippen LogP contribution in [0.25, 0.3) is 0 Å². The quantitative estimate of drug-likeness (QED) is 0.227. The lowest BCUT2D eigenvalue weighted by Gasteiger charge is -2.40. The lowest BCUT2D eigenvalue weighted by atomic mass is 9.65. The lowest BCUT2D eigenvalue weighted by Crippen LogP contribution is -2.28. The molecule has 0 nitrogen and oxygen atoms in total. The third kappa shape index (κ3) is 35.1. The van der Waals surface area contributed by atoms with Crippen molar-refractivity contribution < 1.29 is 0 Å². The molecule has 32 aliphatic carbocycles. The molecule has 32 fully saturated rings. The van der Waals surface area contributed by atoms with Crippen LogP contribution in [-0.2, 0) is 0 Å². The van der Waals surface area contributed by atoms with Crippen molar-refractivity contribution in [2.75, 3.05) is 0 Å². The Morgan fingerprint density at radius 3 is 0.254 bits per heavy atom. The molecule has 0 aromatic heterocycles. The highest BCUT2D eigenvalue weighted by Gasteiger charge is 2.37. The minimum Gasteiger partial charge on any atom is -0.0530 e. The Labute approximate surface area is 739 Å². The van der Waals surface area contributed by atoms with Crippen molar-refractivity contribution in [2.24, 2.45) is 154 Å². The van der Waals surface area contributed by atoms with Crippen molar-refractivity contribution in [1.29, 1.82) is 0 Å². The molecule has 0 aliphatic heterocycles. The third-order valence-electron chi connectivity index (χ3n) is 41.1. The zero-order valence-electron chi connectivity index (χ0n) is 80.1. The van der Waals surface area contributed by atoms with Crippen LogP contribution in [0.15, 0.2) is 0 Å². The van der Waals surface area contributed by atoms with Gasteiger partial charge in [-0.1, -0.05) is 533 Å². The number of rotatable bonds is 0. The van der Waals surface area contributed by atoms with Gasteiger partial charge in [0.25, 0.3) is 0 Å². The van der Waals surface area contributed by atoms with Crippen LogP contribution in [0.4, 0.5) is 0 Å². The Hall–Kier alpha value is 0. The van der Waals surface area contributed by atoms with E-state index in [0.29, 0.717) is 0 Å². The predicted octanol–water partition coefficient (Wildman–Crippen LogP) is 39.1. The van der Waals surface area contributed by atoms with Crippen LogP contribution in [-0.4, -0.2) is 0 Å². The largest absolute Gasteiger partial charge is 0.0530 e. The van der Waals surface area contributed by atoms with Gasteiger partial charge in [0.1, 0.15) is 0 Å². The monoisotopic (exact) mass is 1630 g/mol. The summed E-state index contributed by atoms with van der Waals surface area (Å²) in [6.07, 6.45) is 143. The Morgan fingerprint density at radius 2 is 0.119 bits per heavy atom. The van der Waals surface area contributed by atoms with Crippen molar-refractivity contribution in [1.82, 2.24) is 0 Å². The molecule has 0 aromatic carbocycles. The molecule has 8 atom stereocenters. The number of hydrogen-bond donors (Lipinski definition) is 0. The standard InChI is InChI=1S/C12H22.2C11H20.3C10H18.2C9H16.2C8H14.2C7H12.C6H10/c1-2-6-12-9-3-7-11(5-1)8-4-10-12;1-4-10-6-2-7-11(5-1)9-3-8-10;1-2-5-11-7-3-6-10(4-1)8-9-11;1-3-9-5-2-6-10(4-1)8-7-9;1-2-5-10-7-3-6-9(4-1)8-10;1-2-4-10-7-5-9(3-1)6-8-10;1-3-8-5-2-6-9(4-1)7-8;1-2-4-9-6-5-8(3-1)7-9;1-2-8-5-3-7(1)4-6-8;1-2-7-4-5-8(3-1)6-7;1-2-7-4-3-6(1)5-7;1-2-6-4-7(3-1)5-6;1-2-6-3-5(1)4-6/h11-12H,1-10H2;2*10-11H,1-9H2;3*9-10H,1-8H2;2*8-9H,1-7H2;2*7-8H,1-6H2;2*6-7H,1-5H2;5-6H,1-4H2. The molecule has 0 radical (unpaired) electrons.